The quantitative estimate of drug-likeness (QED) is 0.337. The molecule has 0 unspecified atom stereocenters. The Bertz CT molecular complexity index is 1340. The van der Waals surface area contributed by atoms with E-state index in [1.54, 1.807) is 42.5 Å². The van der Waals surface area contributed by atoms with Gasteiger partial charge < -0.3 is 15.0 Å². The molecule has 0 aliphatic carbocycles. The zero-order chi connectivity index (χ0) is 28.4. The van der Waals surface area contributed by atoms with Gasteiger partial charge in [0.25, 0.3) is 10.0 Å². The molecule has 0 bridgehead atoms. The molecule has 0 saturated heterocycles. The van der Waals surface area contributed by atoms with Crippen LogP contribution in [0.5, 0.6) is 5.75 Å². The Balaban J connectivity index is 2.04. The zero-order valence-electron chi connectivity index (χ0n) is 23.0. The van der Waals surface area contributed by atoms with Crippen molar-refractivity contribution in [2.45, 2.75) is 51.1 Å². The largest absolute Gasteiger partial charge is 0.497 e. The third-order valence-electron chi connectivity index (χ3n) is 6.34. The lowest BCUT2D eigenvalue weighted by Crippen LogP contribution is -2.52. The first kappa shape index (κ1) is 29.7. The van der Waals surface area contributed by atoms with E-state index >= 15 is 0 Å². The molecule has 0 aromatic heterocycles. The lowest BCUT2D eigenvalue weighted by molar-refractivity contribution is -0.140. The van der Waals surface area contributed by atoms with Gasteiger partial charge in [0.15, 0.2) is 0 Å². The molecule has 1 atom stereocenters. The molecule has 0 spiro atoms. The number of amides is 2. The number of carbonyl (C=O) groups is 2. The van der Waals surface area contributed by atoms with Crippen molar-refractivity contribution in [1.82, 2.24) is 10.2 Å². The number of carbonyl (C=O) groups excluding carboxylic acids is 2. The number of benzene rings is 3. The minimum Gasteiger partial charge on any atom is -0.497 e. The Morgan fingerprint density at radius 1 is 0.949 bits per heavy atom. The number of nitrogens with one attached hydrogen (secondary N) is 1. The summed E-state index contributed by atoms with van der Waals surface area (Å²) in [7, 11) is -2.58. The van der Waals surface area contributed by atoms with E-state index in [9.17, 15) is 18.0 Å². The Hall–Kier alpha value is -3.85. The van der Waals surface area contributed by atoms with Crippen LogP contribution < -0.4 is 14.4 Å². The second-order valence-electron chi connectivity index (χ2n) is 9.25. The minimum atomic E-state index is -4.10. The summed E-state index contributed by atoms with van der Waals surface area (Å²) in [5, 5.41) is 2.89. The van der Waals surface area contributed by atoms with Crippen LogP contribution in [0.15, 0.2) is 83.8 Å². The average Bonchev–Trinajstić information content (AvgIpc) is 2.95. The molecule has 3 aromatic rings. The summed E-state index contributed by atoms with van der Waals surface area (Å²) in [6.45, 7) is 5.93. The van der Waals surface area contributed by atoms with Crippen molar-refractivity contribution in [3.63, 3.8) is 0 Å². The molecule has 0 radical (unpaired) electrons. The van der Waals surface area contributed by atoms with Gasteiger partial charge in [0.05, 0.1) is 17.7 Å². The van der Waals surface area contributed by atoms with Crippen LogP contribution in [-0.4, -0.2) is 51.4 Å². The van der Waals surface area contributed by atoms with E-state index in [2.05, 4.69) is 5.32 Å². The van der Waals surface area contributed by atoms with Crippen molar-refractivity contribution in [3.8, 4) is 5.75 Å². The maximum Gasteiger partial charge on any atom is 0.264 e. The van der Waals surface area contributed by atoms with Gasteiger partial charge >= 0.3 is 0 Å². The van der Waals surface area contributed by atoms with E-state index in [4.69, 9.17) is 4.74 Å². The van der Waals surface area contributed by atoms with Crippen molar-refractivity contribution in [2.75, 3.05) is 24.5 Å². The molecular formula is C30H37N3O5S. The summed E-state index contributed by atoms with van der Waals surface area (Å²) >= 11 is 0. The minimum absolute atomic E-state index is 0.0617. The number of ether oxygens (including phenoxy) is 1. The van der Waals surface area contributed by atoms with Crippen molar-refractivity contribution in [2.24, 2.45) is 0 Å². The molecule has 9 heteroatoms. The standard InChI is InChI=1S/C30H37N3O5S/c1-5-19-31-30(35)28(6-2)32(21-24-12-10-11-23(3)20-24)29(34)22-33(25-15-17-26(38-4)18-16-25)39(36,37)27-13-8-7-9-14-27/h7-18,20,28H,5-6,19,21-22H2,1-4H3,(H,31,35)/t28-/m1/s1. The predicted octanol–water partition coefficient (Wildman–Crippen LogP) is 4.53. The summed E-state index contributed by atoms with van der Waals surface area (Å²) in [6, 6.07) is 21.4. The maximum absolute atomic E-state index is 14.0. The van der Waals surface area contributed by atoms with Gasteiger partial charge in [-0.3, -0.25) is 13.9 Å². The third-order valence-corrected chi connectivity index (χ3v) is 8.13. The Morgan fingerprint density at radius 2 is 1.64 bits per heavy atom. The van der Waals surface area contributed by atoms with E-state index < -0.39 is 28.5 Å². The van der Waals surface area contributed by atoms with E-state index in [-0.39, 0.29) is 17.3 Å². The first-order valence-electron chi connectivity index (χ1n) is 13.1. The van der Waals surface area contributed by atoms with Crippen molar-refractivity contribution < 1.29 is 22.7 Å². The highest BCUT2D eigenvalue weighted by molar-refractivity contribution is 7.92. The Morgan fingerprint density at radius 3 is 2.23 bits per heavy atom. The molecular weight excluding hydrogens is 514 g/mol. The topological polar surface area (TPSA) is 96.0 Å². The Labute approximate surface area is 231 Å². The van der Waals surface area contributed by atoms with Gasteiger partial charge in [-0.15, -0.1) is 0 Å². The lowest BCUT2D eigenvalue weighted by atomic mass is 10.1. The van der Waals surface area contributed by atoms with E-state index in [1.165, 1.54) is 24.1 Å². The second-order valence-corrected chi connectivity index (χ2v) is 11.1. The van der Waals surface area contributed by atoms with Crippen LogP contribution >= 0.6 is 0 Å². The molecule has 2 amide bonds. The van der Waals surface area contributed by atoms with Crippen LogP contribution in [0.1, 0.15) is 37.8 Å². The normalized spacial score (nSPS) is 11.9. The van der Waals surface area contributed by atoms with Crippen molar-refractivity contribution in [1.29, 1.82) is 0 Å². The van der Waals surface area contributed by atoms with Crippen LogP contribution in [0.25, 0.3) is 0 Å². The lowest BCUT2D eigenvalue weighted by Gasteiger charge is -2.33. The average molecular weight is 552 g/mol. The van der Waals surface area contributed by atoms with Gasteiger partial charge in [0.1, 0.15) is 18.3 Å². The molecule has 0 saturated carbocycles. The summed E-state index contributed by atoms with van der Waals surface area (Å²) in [6.07, 6.45) is 1.13. The van der Waals surface area contributed by atoms with Gasteiger partial charge in [0, 0.05) is 13.1 Å². The van der Waals surface area contributed by atoms with Gasteiger partial charge in [0.2, 0.25) is 11.8 Å². The Kier molecular flexibility index (Phi) is 10.5. The molecule has 3 rings (SSSR count). The van der Waals surface area contributed by atoms with Gasteiger partial charge in [-0.25, -0.2) is 8.42 Å². The molecule has 0 aliphatic heterocycles. The fourth-order valence-electron chi connectivity index (χ4n) is 4.29. The number of methoxy groups -OCH3 is 1. The first-order valence-corrected chi connectivity index (χ1v) is 14.5. The number of aryl methyl sites for hydroxylation is 1. The smallest absolute Gasteiger partial charge is 0.264 e. The van der Waals surface area contributed by atoms with Crippen LogP contribution in [0.4, 0.5) is 5.69 Å². The van der Waals surface area contributed by atoms with Crippen LogP contribution in [0, 0.1) is 6.92 Å². The van der Waals surface area contributed by atoms with Gasteiger partial charge in [-0.05, 0) is 61.7 Å². The van der Waals surface area contributed by atoms with Crippen molar-refractivity contribution in [3.05, 3.63) is 90.0 Å². The van der Waals surface area contributed by atoms with E-state index in [0.29, 0.717) is 24.4 Å². The molecule has 0 fully saturated rings. The number of anilines is 1. The summed E-state index contributed by atoms with van der Waals surface area (Å²) in [5.41, 5.74) is 2.19. The highest BCUT2D eigenvalue weighted by Gasteiger charge is 2.33. The summed E-state index contributed by atoms with van der Waals surface area (Å²) in [5.74, 6) is -0.186. The molecule has 39 heavy (non-hydrogen) atoms. The van der Waals surface area contributed by atoms with E-state index in [1.807, 2.05) is 45.0 Å². The molecule has 0 heterocycles. The number of sulfonamides is 1. The van der Waals surface area contributed by atoms with Crippen LogP contribution in [0.3, 0.4) is 0 Å². The SMILES string of the molecule is CCCNC(=O)[C@@H](CC)N(Cc1cccc(C)c1)C(=O)CN(c1ccc(OC)cc1)S(=O)(=O)c1ccccc1. The molecule has 1 N–H and O–H groups in total. The monoisotopic (exact) mass is 551 g/mol. The number of rotatable bonds is 13. The summed E-state index contributed by atoms with van der Waals surface area (Å²) in [4.78, 5) is 28.7. The highest BCUT2D eigenvalue weighted by atomic mass is 32.2. The van der Waals surface area contributed by atoms with Crippen LogP contribution in [-0.2, 0) is 26.2 Å². The number of nitrogens with zero attached hydrogens (tertiary/aromatic N) is 2. The molecule has 3 aromatic carbocycles. The second kappa shape index (κ2) is 13.8. The van der Waals surface area contributed by atoms with Crippen molar-refractivity contribution >= 4 is 27.5 Å². The van der Waals surface area contributed by atoms with Gasteiger partial charge in [-0.1, -0.05) is 61.9 Å². The maximum atomic E-state index is 14.0. The van der Waals surface area contributed by atoms with Crippen LogP contribution in [0.2, 0.25) is 0 Å². The first-order chi connectivity index (χ1) is 18.7. The number of hydrogen-bond acceptors (Lipinski definition) is 5. The predicted molar refractivity (Wildman–Crippen MR) is 153 cm³/mol. The fraction of sp³-hybridized carbons (Fsp3) is 0.333. The fourth-order valence-corrected chi connectivity index (χ4v) is 5.72. The molecule has 208 valence electrons. The van der Waals surface area contributed by atoms with E-state index in [0.717, 1.165) is 21.9 Å². The van der Waals surface area contributed by atoms with Gasteiger partial charge in [-0.2, -0.15) is 0 Å². The molecule has 8 nitrogen and oxygen atoms in total. The highest BCUT2D eigenvalue weighted by Crippen LogP contribution is 2.26. The number of hydrogen-bond donors (Lipinski definition) is 1. The molecule has 0 aliphatic rings. The third kappa shape index (κ3) is 7.60. The zero-order valence-corrected chi connectivity index (χ0v) is 23.8. The summed E-state index contributed by atoms with van der Waals surface area (Å²) < 4.78 is 33.9.